The Morgan fingerprint density at radius 2 is 0.878 bits per heavy atom. The van der Waals surface area contributed by atoms with Crippen molar-refractivity contribution in [2.24, 2.45) is 5.41 Å². The highest BCUT2D eigenvalue weighted by atomic mass is 15.2. The average Bonchev–Trinajstić information content (AvgIpc) is 3.21. The summed E-state index contributed by atoms with van der Waals surface area (Å²) in [5, 5.41) is 33.0. The van der Waals surface area contributed by atoms with Crippen LogP contribution in [0, 0.1) is 39.4 Å². The molecule has 0 fully saturated rings. The van der Waals surface area contributed by atoms with E-state index < -0.39 is 16.2 Å². The van der Waals surface area contributed by atoms with E-state index in [2.05, 4.69) is 139 Å². The highest BCUT2D eigenvalue weighted by Crippen LogP contribution is 2.65. The number of hydrogen-bond donors (Lipinski definition) is 0. The van der Waals surface area contributed by atoms with E-state index in [1.165, 1.54) is 0 Å². The van der Waals surface area contributed by atoms with Crippen LogP contribution in [-0.2, 0) is 16.2 Å². The molecule has 0 amide bonds. The van der Waals surface area contributed by atoms with Crippen molar-refractivity contribution in [1.82, 2.24) is 0 Å². The molecule has 0 unspecified atom stereocenters. The Hall–Kier alpha value is -5.63. The first-order valence-corrected chi connectivity index (χ1v) is 16.9. The van der Waals surface area contributed by atoms with Crippen LogP contribution < -0.4 is 4.90 Å². The highest BCUT2D eigenvalue weighted by molar-refractivity contribution is 5.94. The maximum absolute atomic E-state index is 11.2. The van der Waals surface area contributed by atoms with Crippen molar-refractivity contribution in [2.75, 3.05) is 4.90 Å². The molecule has 0 saturated heterocycles. The van der Waals surface area contributed by atoms with E-state index in [1.807, 2.05) is 36.4 Å². The highest BCUT2D eigenvalue weighted by Gasteiger charge is 2.60. The molecule has 5 aromatic carbocycles. The molecular formula is C45H40N4. The van der Waals surface area contributed by atoms with E-state index >= 15 is 0 Å². The zero-order chi connectivity index (χ0) is 35.1. The van der Waals surface area contributed by atoms with Crippen molar-refractivity contribution >= 4 is 17.1 Å². The molecule has 0 spiro atoms. The second-order valence-electron chi connectivity index (χ2n) is 15.6. The van der Waals surface area contributed by atoms with Gasteiger partial charge < -0.3 is 4.90 Å². The molecule has 0 N–H and O–H groups in total. The Morgan fingerprint density at radius 1 is 0.469 bits per heavy atom. The van der Waals surface area contributed by atoms with E-state index in [4.69, 9.17) is 0 Å². The minimum absolute atomic E-state index is 0.246. The van der Waals surface area contributed by atoms with Crippen molar-refractivity contribution in [2.45, 2.75) is 71.6 Å². The Balaban J connectivity index is 1.63. The smallest absolute Gasteiger partial charge is 0.103 e. The molecule has 49 heavy (non-hydrogen) atoms. The zero-order valence-electron chi connectivity index (χ0n) is 29.5. The third-order valence-electron chi connectivity index (χ3n) is 12.4. The van der Waals surface area contributed by atoms with Gasteiger partial charge in [0.25, 0.3) is 0 Å². The van der Waals surface area contributed by atoms with Gasteiger partial charge in [0.1, 0.15) is 18.2 Å². The topological polar surface area (TPSA) is 74.6 Å². The number of rotatable bonds is 3. The van der Waals surface area contributed by atoms with Gasteiger partial charge in [0.05, 0.1) is 33.8 Å². The molecule has 240 valence electrons. The summed E-state index contributed by atoms with van der Waals surface area (Å²) in [6.07, 6.45) is 0. The number of nitriles is 3. The van der Waals surface area contributed by atoms with Crippen molar-refractivity contribution in [3.05, 3.63) is 136 Å². The van der Waals surface area contributed by atoms with E-state index in [0.717, 1.165) is 55.9 Å². The Morgan fingerprint density at radius 3 is 1.29 bits per heavy atom. The molecule has 2 aliphatic rings. The minimum atomic E-state index is -0.472. The molecule has 1 aliphatic heterocycles. The number of hydrogen-bond acceptors (Lipinski definition) is 4. The van der Waals surface area contributed by atoms with Gasteiger partial charge in [-0.05, 0) is 85.0 Å². The molecule has 1 aliphatic carbocycles. The quantitative estimate of drug-likeness (QED) is 0.197. The molecule has 4 heteroatoms. The summed E-state index contributed by atoms with van der Waals surface area (Å²) in [6.45, 7) is 17.6. The predicted octanol–water partition coefficient (Wildman–Crippen LogP) is 11.3. The molecular weight excluding hydrogens is 597 g/mol. The first-order chi connectivity index (χ1) is 23.2. The second-order valence-corrected chi connectivity index (χ2v) is 15.6. The maximum Gasteiger partial charge on any atom is 0.103 e. The summed E-state index contributed by atoms with van der Waals surface area (Å²) >= 11 is 0. The van der Waals surface area contributed by atoms with Gasteiger partial charge in [0.15, 0.2) is 0 Å². The molecule has 0 radical (unpaired) electrons. The molecule has 5 aromatic rings. The lowest BCUT2D eigenvalue weighted by atomic mass is 9.59. The van der Waals surface area contributed by atoms with Crippen LogP contribution in [0.25, 0.3) is 22.3 Å². The number of anilines is 3. The van der Waals surface area contributed by atoms with E-state index in [-0.39, 0.29) is 11.0 Å². The lowest BCUT2D eigenvalue weighted by Crippen LogP contribution is -2.42. The van der Waals surface area contributed by atoms with Crippen LogP contribution in [0.4, 0.5) is 17.1 Å². The van der Waals surface area contributed by atoms with E-state index in [9.17, 15) is 15.8 Å². The third kappa shape index (κ3) is 4.19. The number of fused-ring (bicyclic) bond motifs is 3. The fraction of sp³-hybridized carbons (Fsp3) is 0.267. The van der Waals surface area contributed by atoms with E-state index in [0.29, 0.717) is 16.8 Å². The molecule has 0 bridgehead atoms. The van der Waals surface area contributed by atoms with Crippen molar-refractivity contribution in [3.63, 3.8) is 0 Å². The van der Waals surface area contributed by atoms with Gasteiger partial charge in [-0.25, -0.2) is 0 Å². The first kappa shape index (κ1) is 31.9. The first-order valence-electron chi connectivity index (χ1n) is 16.9. The molecule has 0 atom stereocenters. The molecule has 7 rings (SSSR count). The molecule has 0 aromatic heterocycles. The van der Waals surface area contributed by atoms with Gasteiger partial charge in [0.2, 0.25) is 0 Å². The van der Waals surface area contributed by atoms with Crippen LogP contribution in [0.3, 0.4) is 0 Å². The number of benzene rings is 5. The fourth-order valence-electron chi connectivity index (χ4n) is 8.55. The monoisotopic (exact) mass is 636 g/mol. The summed E-state index contributed by atoms with van der Waals surface area (Å²) in [5.41, 5.74) is 9.91. The molecule has 0 saturated carbocycles. The van der Waals surface area contributed by atoms with Crippen LogP contribution in [-0.4, -0.2) is 0 Å². The number of nitrogens with zero attached hydrogens (tertiary/aromatic N) is 4. The van der Waals surface area contributed by atoms with Crippen LogP contribution in [0.5, 0.6) is 0 Å². The van der Waals surface area contributed by atoms with Crippen LogP contribution in [0.15, 0.2) is 97.1 Å². The molecule has 4 nitrogen and oxygen atoms in total. The van der Waals surface area contributed by atoms with Crippen molar-refractivity contribution in [1.29, 1.82) is 15.8 Å². The molecule has 1 heterocycles. The van der Waals surface area contributed by atoms with Crippen molar-refractivity contribution < 1.29 is 0 Å². The van der Waals surface area contributed by atoms with Gasteiger partial charge in [-0.2, -0.15) is 15.8 Å². The van der Waals surface area contributed by atoms with Crippen LogP contribution in [0.1, 0.15) is 94.3 Å². The lowest BCUT2D eigenvalue weighted by molar-refractivity contribution is 0.125. The lowest BCUT2D eigenvalue weighted by Gasteiger charge is -2.45. The van der Waals surface area contributed by atoms with Gasteiger partial charge in [-0.1, -0.05) is 128 Å². The largest absolute Gasteiger partial charge is 0.307 e. The van der Waals surface area contributed by atoms with E-state index in [1.54, 1.807) is 0 Å². The maximum atomic E-state index is 11.2. The van der Waals surface area contributed by atoms with Crippen LogP contribution >= 0.6 is 0 Å². The van der Waals surface area contributed by atoms with Gasteiger partial charge in [0, 0.05) is 5.41 Å². The summed E-state index contributed by atoms with van der Waals surface area (Å²) < 4.78 is 0. The SMILES string of the molecule is CC1(C)c2cc(-c3ccccc3)ccc2N(c2c(C#N)c(C#N)c3c(c2C#N)C(C)(C)C(C)(C)C3(C)C)c2ccc(-c3ccccc3)cc21. The Kier molecular flexibility index (Phi) is 6.97. The summed E-state index contributed by atoms with van der Waals surface area (Å²) in [7, 11) is 0. The summed E-state index contributed by atoms with van der Waals surface area (Å²) in [6, 6.07) is 41.2. The fourth-order valence-corrected chi connectivity index (χ4v) is 8.55. The minimum Gasteiger partial charge on any atom is -0.307 e. The zero-order valence-corrected chi connectivity index (χ0v) is 29.5. The average molecular weight is 637 g/mol. The second kappa shape index (κ2) is 10.7. The van der Waals surface area contributed by atoms with Crippen LogP contribution in [0.2, 0.25) is 0 Å². The van der Waals surface area contributed by atoms with Gasteiger partial charge >= 0.3 is 0 Å². The summed E-state index contributed by atoms with van der Waals surface area (Å²) in [4.78, 5) is 2.10. The Bertz CT molecular complexity index is 2210. The van der Waals surface area contributed by atoms with Crippen molar-refractivity contribution in [3.8, 4) is 40.5 Å². The predicted molar refractivity (Wildman–Crippen MR) is 198 cm³/mol. The van der Waals surface area contributed by atoms with Gasteiger partial charge in [-0.3, -0.25) is 0 Å². The summed E-state index contributed by atoms with van der Waals surface area (Å²) in [5.74, 6) is 0. The Labute approximate surface area is 290 Å². The third-order valence-corrected chi connectivity index (χ3v) is 12.4. The normalized spacial score (nSPS) is 17.1. The van der Waals surface area contributed by atoms with Gasteiger partial charge in [-0.15, -0.1) is 0 Å². The standard InChI is InChI=1S/C45H40N4/c1-42(2)35-23-30(28-15-11-9-12-16-28)19-21-37(35)49(38-22-20-31(24-36(38)42)29-17-13-10-14-18-29)41-33(26-47)32(25-46)39-40(34(41)27-48)44(5,6)45(7,8)43(39,3)4/h9-24H,1-8H3.